The monoisotopic (exact) mass is 424 g/mol. The number of benzene rings is 2. The molecule has 1 heterocycles. The van der Waals surface area contributed by atoms with Crippen LogP contribution >= 0.6 is 12.2 Å². The van der Waals surface area contributed by atoms with Gasteiger partial charge in [0.1, 0.15) is 11.4 Å². The molecule has 3 N–H and O–H groups in total. The van der Waals surface area contributed by atoms with Gasteiger partial charge in [-0.05, 0) is 69.4 Å². The number of nitrogens with zero attached hydrogens (tertiary/aromatic N) is 1. The van der Waals surface area contributed by atoms with Gasteiger partial charge in [0.15, 0.2) is 5.11 Å². The lowest BCUT2D eigenvalue weighted by molar-refractivity contribution is 0.0697. The van der Waals surface area contributed by atoms with E-state index in [0.29, 0.717) is 29.4 Å². The molecule has 0 saturated carbocycles. The van der Waals surface area contributed by atoms with Crippen molar-refractivity contribution in [2.24, 2.45) is 0 Å². The zero-order chi connectivity index (χ0) is 21.7. The fourth-order valence-electron chi connectivity index (χ4n) is 3.34. The van der Waals surface area contributed by atoms with Gasteiger partial charge in [-0.3, -0.25) is 5.32 Å². The molecule has 0 saturated heterocycles. The van der Waals surface area contributed by atoms with Gasteiger partial charge in [0.2, 0.25) is 0 Å². The maximum absolute atomic E-state index is 11.8. The highest BCUT2D eigenvalue weighted by Crippen LogP contribution is 2.40. The summed E-state index contributed by atoms with van der Waals surface area (Å²) in [5, 5.41) is 18.7. The summed E-state index contributed by atoms with van der Waals surface area (Å²) in [4.78, 5) is 11.8. The minimum atomic E-state index is -0.506. The number of nitriles is 1. The number of hydrogen-bond acceptors (Lipinski definition) is 5. The Morgan fingerprint density at radius 2 is 2.03 bits per heavy atom. The third-order valence-electron chi connectivity index (χ3n) is 4.54. The Balaban J connectivity index is 1.79. The van der Waals surface area contributed by atoms with Crippen molar-refractivity contribution >= 4 is 34.8 Å². The van der Waals surface area contributed by atoms with Crippen LogP contribution in [-0.2, 0) is 4.74 Å². The van der Waals surface area contributed by atoms with Gasteiger partial charge < -0.3 is 20.1 Å². The first kappa shape index (κ1) is 21.4. The van der Waals surface area contributed by atoms with Crippen LogP contribution in [-0.4, -0.2) is 23.4 Å². The summed E-state index contributed by atoms with van der Waals surface area (Å²) in [6, 6.07) is 14.6. The molecule has 2 aromatic rings. The molecule has 1 aliphatic rings. The molecule has 8 heteroatoms. The molecule has 0 aliphatic carbocycles. The average molecular weight is 425 g/mol. The molecular formula is C22H24N4O3S. The Labute approximate surface area is 181 Å². The fraction of sp³-hybridized carbons (Fsp3) is 0.318. The van der Waals surface area contributed by atoms with Crippen LogP contribution in [0.5, 0.6) is 5.75 Å². The lowest BCUT2D eigenvalue weighted by Gasteiger charge is -2.38. The molecule has 156 valence electrons. The predicted molar refractivity (Wildman–Crippen MR) is 120 cm³/mol. The first-order valence-electron chi connectivity index (χ1n) is 9.64. The SMILES string of the molecule is CCOC(=O)Nc1ccc2c(c1)C(NC(=S)Nc1cccc(C#N)c1)CC(C)(C)O2. The van der Waals surface area contributed by atoms with E-state index in [9.17, 15) is 4.79 Å². The van der Waals surface area contributed by atoms with Gasteiger partial charge in [0, 0.05) is 23.4 Å². The smallest absolute Gasteiger partial charge is 0.411 e. The molecule has 2 aromatic carbocycles. The molecule has 3 rings (SSSR count). The highest BCUT2D eigenvalue weighted by Gasteiger charge is 2.34. The molecule has 0 fully saturated rings. The standard InChI is InChI=1S/C22H24N4O3S/c1-4-28-21(27)25-16-8-9-19-17(11-16)18(12-22(2,3)29-19)26-20(30)24-15-7-5-6-14(10-15)13-23/h5-11,18H,4,12H2,1-3H3,(H,25,27)(H2,24,26,30). The highest BCUT2D eigenvalue weighted by atomic mass is 32.1. The van der Waals surface area contributed by atoms with Crippen LogP contribution in [0.15, 0.2) is 42.5 Å². The van der Waals surface area contributed by atoms with Crippen LogP contribution in [0, 0.1) is 11.3 Å². The topological polar surface area (TPSA) is 95.4 Å². The number of amides is 1. The Hall–Kier alpha value is -3.31. The van der Waals surface area contributed by atoms with E-state index >= 15 is 0 Å². The molecular weight excluding hydrogens is 400 g/mol. The molecule has 1 amide bonds. The van der Waals surface area contributed by atoms with Crippen molar-refractivity contribution in [2.45, 2.75) is 38.8 Å². The van der Waals surface area contributed by atoms with Crippen LogP contribution < -0.4 is 20.7 Å². The Morgan fingerprint density at radius 1 is 1.27 bits per heavy atom. The van der Waals surface area contributed by atoms with Gasteiger partial charge >= 0.3 is 6.09 Å². The van der Waals surface area contributed by atoms with Crippen molar-refractivity contribution in [1.82, 2.24) is 5.32 Å². The third-order valence-corrected chi connectivity index (χ3v) is 4.76. The first-order valence-corrected chi connectivity index (χ1v) is 10.0. The maximum Gasteiger partial charge on any atom is 0.411 e. The van der Waals surface area contributed by atoms with Gasteiger partial charge in [-0.15, -0.1) is 0 Å². The van der Waals surface area contributed by atoms with Crippen molar-refractivity contribution < 1.29 is 14.3 Å². The van der Waals surface area contributed by atoms with Crippen LogP contribution in [0.3, 0.4) is 0 Å². The highest BCUT2D eigenvalue weighted by molar-refractivity contribution is 7.80. The van der Waals surface area contributed by atoms with Gasteiger partial charge in [-0.25, -0.2) is 4.79 Å². The predicted octanol–water partition coefficient (Wildman–Crippen LogP) is 4.72. The second-order valence-corrected chi connectivity index (χ2v) is 7.92. The van der Waals surface area contributed by atoms with Gasteiger partial charge in [0.25, 0.3) is 0 Å². The van der Waals surface area contributed by atoms with E-state index in [4.69, 9.17) is 27.0 Å². The van der Waals surface area contributed by atoms with E-state index in [0.717, 1.165) is 17.0 Å². The summed E-state index contributed by atoms with van der Waals surface area (Å²) >= 11 is 5.50. The van der Waals surface area contributed by atoms with E-state index in [1.807, 2.05) is 32.0 Å². The van der Waals surface area contributed by atoms with Crippen molar-refractivity contribution in [3.05, 3.63) is 53.6 Å². The molecule has 1 atom stereocenters. The van der Waals surface area contributed by atoms with Crippen molar-refractivity contribution in [2.75, 3.05) is 17.2 Å². The fourth-order valence-corrected chi connectivity index (χ4v) is 3.60. The van der Waals surface area contributed by atoms with Crippen LogP contribution in [0.25, 0.3) is 0 Å². The van der Waals surface area contributed by atoms with Crippen LogP contribution in [0.1, 0.15) is 44.4 Å². The minimum Gasteiger partial charge on any atom is -0.487 e. The molecule has 0 spiro atoms. The number of carbonyl (C=O) groups excluding carboxylic acids is 1. The largest absolute Gasteiger partial charge is 0.487 e. The summed E-state index contributed by atoms with van der Waals surface area (Å²) in [7, 11) is 0. The van der Waals surface area contributed by atoms with E-state index in [1.54, 1.807) is 31.2 Å². The molecule has 0 aromatic heterocycles. The Kier molecular flexibility index (Phi) is 6.43. The van der Waals surface area contributed by atoms with Gasteiger partial charge in [0.05, 0.1) is 24.3 Å². The number of thiocarbonyl (C=S) groups is 1. The second kappa shape index (κ2) is 9.01. The van der Waals surface area contributed by atoms with Gasteiger partial charge in [-0.1, -0.05) is 6.07 Å². The number of fused-ring (bicyclic) bond motifs is 1. The first-order chi connectivity index (χ1) is 14.3. The van der Waals surface area contributed by atoms with E-state index in [1.165, 1.54) is 0 Å². The lowest BCUT2D eigenvalue weighted by Crippen LogP contribution is -2.42. The van der Waals surface area contributed by atoms with E-state index in [2.05, 4.69) is 22.0 Å². The van der Waals surface area contributed by atoms with E-state index in [-0.39, 0.29) is 6.04 Å². The Morgan fingerprint density at radius 3 is 2.77 bits per heavy atom. The number of hydrogen-bond donors (Lipinski definition) is 3. The van der Waals surface area contributed by atoms with Crippen molar-refractivity contribution in [3.8, 4) is 11.8 Å². The maximum atomic E-state index is 11.8. The zero-order valence-electron chi connectivity index (χ0n) is 17.1. The molecule has 0 radical (unpaired) electrons. The molecule has 30 heavy (non-hydrogen) atoms. The summed E-state index contributed by atoms with van der Waals surface area (Å²) in [6.07, 6.45) is 0.164. The van der Waals surface area contributed by atoms with Gasteiger partial charge in [-0.2, -0.15) is 5.26 Å². The van der Waals surface area contributed by atoms with Crippen molar-refractivity contribution in [3.63, 3.8) is 0 Å². The normalized spacial score (nSPS) is 16.3. The minimum absolute atomic E-state index is 0.133. The molecule has 7 nitrogen and oxygen atoms in total. The molecule has 1 aliphatic heterocycles. The van der Waals surface area contributed by atoms with Crippen LogP contribution in [0.2, 0.25) is 0 Å². The second-order valence-electron chi connectivity index (χ2n) is 7.51. The summed E-state index contributed by atoms with van der Waals surface area (Å²) in [5.41, 5.74) is 2.39. The van der Waals surface area contributed by atoms with E-state index < -0.39 is 11.7 Å². The zero-order valence-corrected chi connectivity index (χ0v) is 17.9. The lowest BCUT2D eigenvalue weighted by atomic mass is 9.89. The molecule has 0 bridgehead atoms. The number of nitrogens with one attached hydrogen (secondary N) is 3. The Bertz CT molecular complexity index is 1000. The summed E-state index contributed by atoms with van der Waals surface area (Å²) < 4.78 is 11.1. The third kappa shape index (κ3) is 5.39. The number of ether oxygens (including phenoxy) is 2. The number of carbonyl (C=O) groups is 1. The van der Waals surface area contributed by atoms with Crippen molar-refractivity contribution in [1.29, 1.82) is 5.26 Å². The van der Waals surface area contributed by atoms with Crippen LogP contribution in [0.4, 0.5) is 16.2 Å². The quantitative estimate of drug-likeness (QED) is 0.612. The average Bonchev–Trinajstić information content (AvgIpc) is 2.68. The number of anilines is 2. The summed E-state index contributed by atoms with van der Waals surface area (Å²) in [6.45, 7) is 6.08. The molecule has 1 unspecified atom stereocenters. The number of rotatable bonds is 4. The summed E-state index contributed by atoms with van der Waals surface area (Å²) in [5.74, 6) is 0.729.